The Hall–Kier alpha value is -2.11. The van der Waals surface area contributed by atoms with Gasteiger partial charge in [-0.2, -0.15) is 5.10 Å². The third-order valence-electron chi connectivity index (χ3n) is 2.75. The molecule has 2 aromatic rings. The largest absolute Gasteiger partial charge is 0.306 e. The molecule has 0 saturated heterocycles. The second kappa shape index (κ2) is 7.06. The summed E-state index contributed by atoms with van der Waals surface area (Å²) in [5.41, 5.74) is 3.91. The number of halogens is 2. The lowest BCUT2D eigenvalue weighted by Crippen LogP contribution is -2.07. The molecule has 0 atom stereocenters. The Morgan fingerprint density at radius 1 is 1.14 bits per heavy atom. The Bertz CT molecular complexity index is 669. The lowest BCUT2D eigenvalue weighted by Gasteiger charge is -2.05. The van der Waals surface area contributed by atoms with E-state index < -0.39 is 4.92 Å². The summed E-state index contributed by atoms with van der Waals surface area (Å²) in [5, 5.41) is 15.9. The molecule has 0 saturated carbocycles. The minimum atomic E-state index is -0.452. The highest BCUT2D eigenvalue weighted by molar-refractivity contribution is 6.35. The van der Waals surface area contributed by atoms with E-state index in [9.17, 15) is 10.1 Å². The van der Waals surface area contributed by atoms with E-state index in [-0.39, 0.29) is 5.69 Å². The molecule has 1 N–H and O–H groups in total. The van der Waals surface area contributed by atoms with E-state index in [1.54, 1.807) is 36.4 Å². The van der Waals surface area contributed by atoms with Crippen molar-refractivity contribution in [3.05, 3.63) is 73.8 Å². The van der Waals surface area contributed by atoms with Crippen LogP contribution in [0.2, 0.25) is 10.0 Å². The molecule has 0 heterocycles. The average molecular weight is 324 g/mol. The van der Waals surface area contributed by atoms with E-state index in [1.165, 1.54) is 12.3 Å². The summed E-state index contributed by atoms with van der Waals surface area (Å²) in [6, 6.07) is 11.6. The lowest BCUT2D eigenvalue weighted by molar-refractivity contribution is -0.385. The van der Waals surface area contributed by atoms with Crippen molar-refractivity contribution in [1.29, 1.82) is 0 Å². The number of nitrogens with zero attached hydrogens (tertiary/aromatic N) is 2. The fourth-order valence-corrected chi connectivity index (χ4v) is 2.24. The molecule has 21 heavy (non-hydrogen) atoms. The van der Waals surface area contributed by atoms with E-state index >= 15 is 0 Å². The van der Waals surface area contributed by atoms with Gasteiger partial charge in [0.15, 0.2) is 0 Å². The summed E-state index contributed by atoms with van der Waals surface area (Å²) in [4.78, 5) is 10.4. The Morgan fingerprint density at radius 2 is 1.81 bits per heavy atom. The molecule has 0 bridgehead atoms. The molecule has 7 heteroatoms. The summed E-state index contributed by atoms with van der Waals surface area (Å²) in [6.45, 7) is 0.329. The van der Waals surface area contributed by atoms with Gasteiger partial charge in [-0.05, 0) is 18.2 Å². The second-order valence-corrected chi connectivity index (χ2v) is 4.92. The smallest absolute Gasteiger partial charge is 0.278 e. The van der Waals surface area contributed by atoms with Gasteiger partial charge in [0.25, 0.3) is 5.69 Å². The van der Waals surface area contributed by atoms with Crippen LogP contribution in [0.3, 0.4) is 0 Å². The first-order chi connectivity index (χ1) is 10.1. The lowest BCUT2D eigenvalue weighted by atomic mass is 10.2. The standard InChI is InChI=1S/C14H11Cl2N3O2/c15-12-5-3-6-13(16)11(12)9-18-17-8-10-4-1-2-7-14(10)19(20)21/h1-8,18H,9H2/b17-8-. The number of hydrogen-bond acceptors (Lipinski definition) is 4. The molecule has 0 aromatic heterocycles. The first-order valence-corrected chi connectivity index (χ1v) is 6.77. The van der Waals surface area contributed by atoms with Crippen molar-refractivity contribution < 1.29 is 4.92 Å². The maximum atomic E-state index is 10.9. The number of nitro benzene ring substituents is 1. The summed E-state index contributed by atoms with van der Waals surface area (Å²) >= 11 is 12.1. The molecule has 2 rings (SSSR count). The predicted molar refractivity (Wildman–Crippen MR) is 84.0 cm³/mol. The van der Waals surface area contributed by atoms with Gasteiger partial charge in [0.05, 0.1) is 23.2 Å². The van der Waals surface area contributed by atoms with Crippen LogP contribution < -0.4 is 5.43 Å². The first kappa shape index (κ1) is 15.3. The molecular formula is C14H11Cl2N3O2. The highest BCUT2D eigenvalue weighted by Crippen LogP contribution is 2.23. The van der Waals surface area contributed by atoms with Crippen LogP contribution in [-0.4, -0.2) is 11.1 Å². The van der Waals surface area contributed by atoms with Gasteiger partial charge in [0.2, 0.25) is 0 Å². The molecule has 5 nitrogen and oxygen atoms in total. The van der Waals surface area contributed by atoms with Gasteiger partial charge >= 0.3 is 0 Å². The molecule has 0 fully saturated rings. The molecule has 0 aliphatic carbocycles. The summed E-state index contributed by atoms with van der Waals surface area (Å²) in [6.07, 6.45) is 1.39. The average Bonchev–Trinajstić information content (AvgIpc) is 2.46. The van der Waals surface area contributed by atoms with Crippen molar-refractivity contribution >= 4 is 35.1 Å². The molecule has 0 aliphatic rings. The van der Waals surface area contributed by atoms with Crippen molar-refractivity contribution in [1.82, 2.24) is 5.43 Å². The van der Waals surface area contributed by atoms with Crippen LogP contribution in [0.15, 0.2) is 47.6 Å². The quantitative estimate of drug-likeness (QED) is 0.513. The van der Waals surface area contributed by atoms with Crippen LogP contribution in [-0.2, 0) is 6.54 Å². The molecule has 0 unspecified atom stereocenters. The zero-order valence-electron chi connectivity index (χ0n) is 10.8. The van der Waals surface area contributed by atoms with Gasteiger partial charge in [-0.3, -0.25) is 10.1 Å². The second-order valence-electron chi connectivity index (χ2n) is 4.11. The Kier molecular flexibility index (Phi) is 5.14. The maximum absolute atomic E-state index is 10.9. The highest BCUT2D eigenvalue weighted by atomic mass is 35.5. The predicted octanol–water partition coefficient (Wildman–Crippen LogP) is 4.03. The van der Waals surface area contributed by atoms with Crippen molar-refractivity contribution in [2.75, 3.05) is 0 Å². The maximum Gasteiger partial charge on any atom is 0.278 e. The SMILES string of the molecule is O=[N+]([O-])c1ccccc1/C=N\NCc1c(Cl)cccc1Cl. The summed E-state index contributed by atoms with van der Waals surface area (Å²) in [5.74, 6) is 0. The molecule has 0 radical (unpaired) electrons. The van der Waals surface area contributed by atoms with Gasteiger partial charge in [0, 0.05) is 21.7 Å². The number of rotatable bonds is 5. The fourth-order valence-electron chi connectivity index (χ4n) is 1.70. The number of para-hydroxylation sites is 1. The molecule has 108 valence electrons. The van der Waals surface area contributed by atoms with Crippen LogP contribution in [0.1, 0.15) is 11.1 Å². The molecule has 2 aromatic carbocycles. The van der Waals surface area contributed by atoms with Crippen molar-refractivity contribution in [3.63, 3.8) is 0 Å². The fraction of sp³-hybridized carbons (Fsp3) is 0.0714. The first-order valence-electron chi connectivity index (χ1n) is 6.02. The van der Waals surface area contributed by atoms with E-state index in [2.05, 4.69) is 10.5 Å². The van der Waals surface area contributed by atoms with Gasteiger partial charge in [-0.15, -0.1) is 0 Å². The summed E-state index contributed by atoms with van der Waals surface area (Å²) in [7, 11) is 0. The number of nitro groups is 1. The van der Waals surface area contributed by atoms with Crippen LogP contribution in [0.5, 0.6) is 0 Å². The summed E-state index contributed by atoms with van der Waals surface area (Å²) < 4.78 is 0. The van der Waals surface area contributed by atoms with Gasteiger partial charge in [-0.1, -0.05) is 41.4 Å². The topological polar surface area (TPSA) is 67.5 Å². The molecule has 0 amide bonds. The van der Waals surface area contributed by atoms with Crippen molar-refractivity contribution in [2.24, 2.45) is 5.10 Å². The minimum absolute atomic E-state index is 0.00109. The van der Waals surface area contributed by atoms with Gasteiger partial charge in [0.1, 0.15) is 0 Å². The van der Waals surface area contributed by atoms with E-state index in [0.29, 0.717) is 22.2 Å². The zero-order chi connectivity index (χ0) is 15.2. The van der Waals surface area contributed by atoms with Crippen LogP contribution >= 0.6 is 23.2 Å². The molecule has 0 spiro atoms. The number of nitrogens with one attached hydrogen (secondary N) is 1. The normalized spacial score (nSPS) is 10.8. The molecular weight excluding hydrogens is 313 g/mol. The van der Waals surface area contributed by atoms with E-state index in [1.807, 2.05) is 0 Å². The van der Waals surface area contributed by atoms with Gasteiger partial charge < -0.3 is 5.43 Å². The van der Waals surface area contributed by atoms with Crippen molar-refractivity contribution in [3.8, 4) is 0 Å². The third-order valence-corrected chi connectivity index (χ3v) is 3.45. The van der Waals surface area contributed by atoms with Crippen LogP contribution in [0.25, 0.3) is 0 Å². The number of hydrazone groups is 1. The van der Waals surface area contributed by atoms with Crippen molar-refractivity contribution in [2.45, 2.75) is 6.54 Å². The highest BCUT2D eigenvalue weighted by Gasteiger charge is 2.09. The number of hydrogen-bond donors (Lipinski definition) is 1. The van der Waals surface area contributed by atoms with Crippen LogP contribution in [0.4, 0.5) is 5.69 Å². The number of benzene rings is 2. The zero-order valence-corrected chi connectivity index (χ0v) is 12.3. The monoisotopic (exact) mass is 323 g/mol. The van der Waals surface area contributed by atoms with E-state index in [0.717, 1.165) is 5.56 Å². The molecule has 0 aliphatic heterocycles. The minimum Gasteiger partial charge on any atom is -0.306 e. The third kappa shape index (κ3) is 3.93. The van der Waals surface area contributed by atoms with Gasteiger partial charge in [-0.25, -0.2) is 0 Å². The Morgan fingerprint density at radius 3 is 2.48 bits per heavy atom. The van der Waals surface area contributed by atoms with E-state index in [4.69, 9.17) is 23.2 Å². The Balaban J connectivity index is 2.06. The Labute approximate surface area is 131 Å². The van der Waals surface area contributed by atoms with Crippen LogP contribution in [0, 0.1) is 10.1 Å².